The zero-order valence-corrected chi connectivity index (χ0v) is 16.1. The smallest absolute Gasteiger partial charge is 0.175 e. The molecule has 2 aromatic carbocycles. The van der Waals surface area contributed by atoms with Gasteiger partial charge >= 0.3 is 0 Å². The van der Waals surface area contributed by atoms with E-state index in [1.807, 2.05) is 42.5 Å². The molecule has 132 valence electrons. The molecule has 0 saturated heterocycles. The number of nitrogens with two attached hydrogens (primary N) is 1. The summed E-state index contributed by atoms with van der Waals surface area (Å²) < 4.78 is 18.4. The quantitative estimate of drug-likeness (QED) is 0.664. The van der Waals surface area contributed by atoms with Crippen LogP contribution in [0.5, 0.6) is 17.2 Å². The summed E-state index contributed by atoms with van der Waals surface area (Å²) in [4.78, 5) is 0. The van der Waals surface area contributed by atoms with Crippen molar-refractivity contribution in [2.45, 2.75) is 12.5 Å². The van der Waals surface area contributed by atoms with Crippen LogP contribution < -0.4 is 19.9 Å². The second-order valence-corrected chi connectivity index (χ2v) is 6.81. The maximum Gasteiger partial charge on any atom is 0.175 e. The van der Waals surface area contributed by atoms with Crippen molar-refractivity contribution in [2.24, 2.45) is 5.73 Å². The van der Waals surface area contributed by atoms with E-state index in [-0.39, 0.29) is 6.10 Å². The summed E-state index contributed by atoms with van der Waals surface area (Å²) in [5, 5.41) is 0.586. The van der Waals surface area contributed by atoms with Gasteiger partial charge < -0.3 is 19.9 Å². The molecule has 1 atom stereocenters. The van der Waals surface area contributed by atoms with Crippen molar-refractivity contribution in [3.8, 4) is 17.2 Å². The van der Waals surface area contributed by atoms with Crippen molar-refractivity contribution in [1.29, 1.82) is 0 Å². The number of methoxy groups -OCH3 is 1. The topological polar surface area (TPSA) is 53.7 Å². The molecular weight excluding hydrogens is 406 g/mol. The first-order valence-corrected chi connectivity index (χ1v) is 9.15. The van der Waals surface area contributed by atoms with Gasteiger partial charge in [-0.25, -0.2) is 0 Å². The average Bonchev–Trinajstić information content (AvgIpc) is 2.63. The normalized spacial score (nSPS) is 15.4. The van der Waals surface area contributed by atoms with Crippen molar-refractivity contribution in [3.63, 3.8) is 0 Å². The number of rotatable bonds is 6. The minimum Gasteiger partial charge on any atom is -0.492 e. The number of fused-ring (bicyclic) bond motifs is 1. The Hall–Kier alpha value is -1.69. The monoisotopic (exact) mass is 423 g/mol. The Morgan fingerprint density at radius 3 is 2.84 bits per heavy atom. The molecule has 0 aliphatic carbocycles. The molecule has 4 nitrogen and oxygen atoms in total. The third-order valence-corrected chi connectivity index (χ3v) is 4.81. The third-order valence-electron chi connectivity index (χ3n) is 3.89. The van der Waals surface area contributed by atoms with Crippen molar-refractivity contribution in [3.05, 3.63) is 57.0 Å². The van der Waals surface area contributed by atoms with Gasteiger partial charge in [-0.2, -0.15) is 0 Å². The lowest BCUT2D eigenvalue weighted by Crippen LogP contribution is -2.12. The fourth-order valence-corrected chi connectivity index (χ4v) is 3.34. The van der Waals surface area contributed by atoms with Crippen LogP contribution in [0.2, 0.25) is 5.02 Å². The Balaban J connectivity index is 1.95. The summed E-state index contributed by atoms with van der Waals surface area (Å²) >= 11 is 9.79. The zero-order chi connectivity index (χ0) is 17.8. The number of para-hydroxylation sites is 1. The van der Waals surface area contributed by atoms with Crippen molar-refractivity contribution < 1.29 is 14.2 Å². The number of benzene rings is 2. The summed E-state index contributed by atoms with van der Waals surface area (Å²) in [5.74, 6) is 1.96. The standard InChI is InChI=1S/C19H19BrClNO3/c1-23-18-13(7-8-14(20)19(18)24-11-3-10-22)16-9-6-12-4-2-5-15(21)17(12)25-16/h2,4-9,16H,3,10-11,22H2,1H3. The molecule has 2 aromatic rings. The molecule has 25 heavy (non-hydrogen) atoms. The van der Waals surface area contributed by atoms with Crippen LogP contribution >= 0.6 is 27.5 Å². The van der Waals surface area contributed by atoms with Crippen molar-refractivity contribution in [1.82, 2.24) is 0 Å². The number of ether oxygens (including phenoxy) is 3. The predicted octanol–water partition coefficient (Wildman–Crippen LogP) is 4.99. The number of hydrogen-bond acceptors (Lipinski definition) is 4. The SMILES string of the molecule is COc1c(C2C=Cc3cccc(Cl)c3O2)ccc(Br)c1OCCCN. The molecule has 0 radical (unpaired) electrons. The molecule has 0 amide bonds. The van der Waals surface area contributed by atoms with Gasteiger partial charge in [0, 0.05) is 11.1 Å². The molecule has 6 heteroatoms. The van der Waals surface area contributed by atoms with Crippen LogP contribution in [0, 0.1) is 0 Å². The first-order chi connectivity index (χ1) is 12.2. The van der Waals surface area contributed by atoms with E-state index in [2.05, 4.69) is 15.9 Å². The minimum atomic E-state index is -0.313. The number of hydrogen-bond donors (Lipinski definition) is 1. The summed E-state index contributed by atoms with van der Waals surface area (Å²) in [6, 6.07) is 9.56. The van der Waals surface area contributed by atoms with E-state index in [9.17, 15) is 0 Å². The highest BCUT2D eigenvalue weighted by atomic mass is 79.9. The molecule has 0 spiro atoms. The Bertz CT molecular complexity index is 794. The molecule has 1 unspecified atom stereocenters. The van der Waals surface area contributed by atoms with Gasteiger partial charge in [-0.3, -0.25) is 0 Å². The molecular formula is C19H19BrClNO3. The summed E-state index contributed by atoms with van der Waals surface area (Å²) in [6.45, 7) is 1.09. The van der Waals surface area contributed by atoms with Gasteiger partial charge in [0.25, 0.3) is 0 Å². The fraction of sp³-hybridized carbons (Fsp3) is 0.263. The van der Waals surface area contributed by atoms with Gasteiger partial charge in [0.1, 0.15) is 11.9 Å². The van der Waals surface area contributed by atoms with Gasteiger partial charge in [0.15, 0.2) is 11.5 Å². The predicted molar refractivity (Wildman–Crippen MR) is 104 cm³/mol. The van der Waals surface area contributed by atoms with Gasteiger partial charge in [0.05, 0.1) is 23.2 Å². The van der Waals surface area contributed by atoms with Crippen LogP contribution in [0.4, 0.5) is 0 Å². The molecule has 0 aromatic heterocycles. The first kappa shape index (κ1) is 18.1. The third kappa shape index (κ3) is 3.78. The fourth-order valence-electron chi connectivity index (χ4n) is 2.69. The Morgan fingerprint density at radius 1 is 1.24 bits per heavy atom. The van der Waals surface area contributed by atoms with E-state index >= 15 is 0 Å². The van der Waals surface area contributed by atoms with E-state index < -0.39 is 0 Å². The van der Waals surface area contributed by atoms with E-state index in [1.165, 1.54) is 0 Å². The van der Waals surface area contributed by atoms with E-state index in [1.54, 1.807) is 7.11 Å². The van der Waals surface area contributed by atoms with Crippen molar-refractivity contribution >= 4 is 33.6 Å². The second-order valence-electron chi connectivity index (χ2n) is 5.55. The summed E-state index contributed by atoms with van der Waals surface area (Å²) in [7, 11) is 1.62. The molecule has 1 heterocycles. The number of halogens is 2. The van der Waals surface area contributed by atoms with E-state index in [4.69, 9.17) is 31.5 Å². The first-order valence-electron chi connectivity index (χ1n) is 7.98. The molecule has 1 aliphatic rings. The lowest BCUT2D eigenvalue weighted by molar-refractivity contribution is 0.239. The largest absolute Gasteiger partial charge is 0.492 e. The minimum absolute atomic E-state index is 0.313. The van der Waals surface area contributed by atoms with Gasteiger partial charge in [-0.1, -0.05) is 29.8 Å². The molecule has 1 aliphatic heterocycles. The summed E-state index contributed by atoms with van der Waals surface area (Å²) in [6.07, 6.45) is 4.44. The maximum absolute atomic E-state index is 6.28. The van der Waals surface area contributed by atoms with Crippen LogP contribution in [-0.4, -0.2) is 20.3 Å². The van der Waals surface area contributed by atoms with Crippen LogP contribution in [0.25, 0.3) is 6.08 Å². The molecule has 0 bridgehead atoms. The highest BCUT2D eigenvalue weighted by Gasteiger charge is 2.25. The van der Waals surface area contributed by atoms with Crippen molar-refractivity contribution in [2.75, 3.05) is 20.3 Å². The molecule has 0 saturated carbocycles. The highest BCUT2D eigenvalue weighted by molar-refractivity contribution is 9.10. The lowest BCUT2D eigenvalue weighted by atomic mass is 10.0. The van der Waals surface area contributed by atoms with E-state index in [0.29, 0.717) is 35.4 Å². The van der Waals surface area contributed by atoms with Gasteiger partial charge in [0.2, 0.25) is 0 Å². The van der Waals surface area contributed by atoms with Crippen LogP contribution in [-0.2, 0) is 0 Å². The molecule has 3 rings (SSSR count). The maximum atomic E-state index is 6.28. The average molecular weight is 425 g/mol. The molecule has 2 N–H and O–H groups in total. The summed E-state index contributed by atoms with van der Waals surface area (Å²) in [5.41, 5.74) is 7.37. The van der Waals surface area contributed by atoms with Crippen LogP contribution in [0.15, 0.2) is 40.9 Å². The lowest BCUT2D eigenvalue weighted by Gasteiger charge is -2.25. The van der Waals surface area contributed by atoms with Crippen LogP contribution in [0.3, 0.4) is 0 Å². The second kappa shape index (κ2) is 8.13. The Kier molecular flexibility index (Phi) is 5.89. The highest BCUT2D eigenvalue weighted by Crippen LogP contribution is 2.45. The molecule has 0 fully saturated rings. The van der Waals surface area contributed by atoms with Gasteiger partial charge in [-0.15, -0.1) is 0 Å². The Labute approximate surface area is 160 Å². The van der Waals surface area contributed by atoms with E-state index in [0.717, 1.165) is 22.0 Å². The van der Waals surface area contributed by atoms with Crippen LogP contribution in [0.1, 0.15) is 23.7 Å². The van der Waals surface area contributed by atoms with Gasteiger partial charge in [-0.05, 0) is 53.2 Å². The zero-order valence-electron chi connectivity index (χ0n) is 13.8. The Morgan fingerprint density at radius 2 is 2.08 bits per heavy atom.